The van der Waals surface area contributed by atoms with E-state index in [0.29, 0.717) is 6.04 Å². The van der Waals surface area contributed by atoms with Crippen molar-refractivity contribution in [2.75, 3.05) is 19.6 Å². The predicted octanol–water partition coefficient (Wildman–Crippen LogP) is 1.69. The summed E-state index contributed by atoms with van der Waals surface area (Å²) in [6, 6.07) is 2.47. The van der Waals surface area contributed by atoms with Crippen molar-refractivity contribution in [3.05, 3.63) is 24.3 Å². The first-order chi connectivity index (χ1) is 8.79. The van der Waals surface area contributed by atoms with E-state index in [0.717, 1.165) is 37.9 Å². The van der Waals surface area contributed by atoms with Crippen molar-refractivity contribution in [3.63, 3.8) is 0 Å². The summed E-state index contributed by atoms with van der Waals surface area (Å²) in [6.07, 6.45) is 6.09. The minimum atomic E-state index is 0.598. The summed E-state index contributed by atoms with van der Waals surface area (Å²) in [6.45, 7) is 8.84. The molecule has 0 saturated carbocycles. The third-order valence-corrected chi connectivity index (χ3v) is 3.83. The average Bonchev–Trinajstić information content (AvgIpc) is 2.65. The molecule has 1 fully saturated rings. The van der Waals surface area contributed by atoms with Gasteiger partial charge in [-0.3, -0.25) is 4.90 Å². The van der Waals surface area contributed by atoms with Crippen LogP contribution in [0.2, 0.25) is 0 Å². The highest BCUT2D eigenvalue weighted by molar-refractivity contribution is 4.90. The van der Waals surface area contributed by atoms with Gasteiger partial charge in [-0.25, -0.2) is 9.97 Å². The molecule has 1 aliphatic rings. The highest BCUT2D eigenvalue weighted by Crippen LogP contribution is 2.13. The standard InChI is InChI=1S/C14H24N4/c1-3-12(2)13-10-18(9-5-8-15-13)11-14-16-6-4-7-17-14/h4,6-7,12-13,15H,3,5,8-11H2,1-2H3. The zero-order valence-corrected chi connectivity index (χ0v) is 11.5. The number of hydrogen-bond acceptors (Lipinski definition) is 4. The SMILES string of the molecule is CCC(C)C1CN(Cc2ncccn2)CCCN1. The van der Waals surface area contributed by atoms with Gasteiger partial charge in [0.2, 0.25) is 0 Å². The monoisotopic (exact) mass is 248 g/mol. The van der Waals surface area contributed by atoms with Crippen LogP contribution in [0.25, 0.3) is 0 Å². The Hall–Kier alpha value is -1.00. The first-order valence-electron chi connectivity index (χ1n) is 7.01. The molecular formula is C14H24N4. The van der Waals surface area contributed by atoms with Gasteiger partial charge < -0.3 is 5.32 Å². The molecule has 1 aromatic heterocycles. The molecule has 2 rings (SSSR count). The first kappa shape index (κ1) is 13.4. The summed E-state index contributed by atoms with van der Waals surface area (Å²) in [4.78, 5) is 11.1. The molecule has 4 nitrogen and oxygen atoms in total. The Kier molecular flexibility index (Phi) is 5.08. The lowest BCUT2D eigenvalue weighted by atomic mass is 9.99. The van der Waals surface area contributed by atoms with Crippen LogP contribution >= 0.6 is 0 Å². The minimum absolute atomic E-state index is 0.598. The van der Waals surface area contributed by atoms with Crippen LogP contribution in [0.5, 0.6) is 0 Å². The van der Waals surface area contributed by atoms with Crippen molar-refractivity contribution in [1.82, 2.24) is 20.2 Å². The van der Waals surface area contributed by atoms with Crippen molar-refractivity contribution in [2.24, 2.45) is 5.92 Å². The van der Waals surface area contributed by atoms with Crippen LogP contribution in [0.1, 0.15) is 32.5 Å². The van der Waals surface area contributed by atoms with E-state index >= 15 is 0 Å². The van der Waals surface area contributed by atoms with E-state index in [-0.39, 0.29) is 0 Å². The molecule has 2 atom stereocenters. The van der Waals surface area contributed by atoms with Crippen molar-refractivity contribution in [2.45, 2.75) is 39.3 Å². The molecule has 1 aromatic rings. The maximum absolute atomic E-state index is 4.32. The van der Waals surface area contributed by atoms with Gasteiger partial charge in [0.15, 0.2) is 0 Å². The van der Waals surface area contributed by atoms with E-state index in [2.05, 4.69) is 34.0 Å². The molecule has 1 aliphatic heterocycles. The molecule has 1 N–H and O–H groups in total. The molecule has 2 unspecified atom stereocenters. The van der Waals surface area contributed by atoms with Crippen molar-refractivity contribution in [3.8, 4) is 0 Å². The molecule has 0 bridgehead atoms. The molecule has 4 heteroatoms. The fourth-order valence-electron chi connectivity index (χ4n) is 2.44. The second kappa shape index (κ2) is 6.81. The molecule has 0 amide bonds. The molecule has 0 radical (unpaired) electrons. The van der Waals surface area contributed by atoms with Gasteiger partial charge in [0, 0.05) is 25.0 Å². The van der Waals surface area contributed by atoms with Crippen LogP contribution < -0.4 is 5.32 Å². The highest BCUT2D eigenvalue weighted by Gasteiger charge is 2.22. The number of hydrogen-bond donors (Lipinski definition) is 1. The second-order valence-electron chi connectivity index (χ2n) is 5.20. The van der Waals surface area contributed by atoms with Gasteiger partial charge >= 0.3 is 0 Å². The summed E-state index contributed by atoms with van der Waals surface area (Å²) in [5, 5.41) is 3.67. The quantitative estimate of drug-likeness (QED) is 0.880. The number of nitrogens with one attached hydrogen (secondary N) is 1. The van der Waals surface area contributed by atoms with Crippen LogP contribution in [0.4, 0.5) is 0 Å². The molecule has 2 heterocycles. The molecule has 0 aliphatic carbocycles. The molecule has 100 valence electrons. The fraction of sp³-hybridized carbons (Fsp3) is 0.714. The Labute approximate surface area is 110 Å². The van der Waals surface area contributed by atoms with E-state index in [4.69, 9.17) is 0 Å². The smallest absolute Gasteiger partial charge is 0.142 e. The van der Waals surface area contributed by atoms with Crippen LogP contribution in [-0.4, -0.2) is 40.5 Å². The lowest BCUT2D eigenvalue weighted by molar-refractivity contribution is 0.227. The lowest BCUT2D eigenvalue weighted by Crippen LogP contribution is -2.41. The van der Waals surface area contributed by atoms with Gasteiger partial charge in [-0.05, 0) is 31.5 Å². The molecular weight excluding hydrogens is 224 g/mol. The van der Waals surface area contributed by atoms with Gasteiger partial charge in [-0.2, -0.15) is 0 Å². The Bertz CT molecular complexity index is 341. The highest BCUT2D eigenvalue weighted by atomic mass is 15.2. The van der Waals surface area contributed by atoms with Crippen LogP contribution in [-0.2, 0) is 6.54 Å². The predicted molar refractivity (Wildman–Crippen MR) is 73.2 cm³/mol. The maximum atomic E-state index is 4.32. The van der Waals surface area contributed by atoms with Gasteiger partial charge in [0.05, 0.1) is 6.54 Å². The lowest BCUT2D eigenvalue weighted by Gasteiger charge is -2.27. The van der Waals surface area contributed by atoms with E-state index in [1.165, 1.54) is 12.8 Å². The third kappa shape index (κ3) is 3.75. The number of rotatable bonds is 4. The van der Waals surface area contributed by atoms with Gasteiger partial charge in [-0.15, -0.1) is 0 Å². The van der Waals surface area contributed by atoms with Gasteiger partial charge in [0.25, 0.3) is 0 Å². The summed E-state index contributed by atoms with van der Waals surface area (Å²) >= 11 is 0. The van der Waals surface area contributed by atoms with Gasteiger partial charge in [-0.1, -0.05) is 20.3 Å². The van der Waals surface area contributed by atoms with E-state index in [1.807, 2.05) is 18.5 Å². The Balaban J connectivity index is 1.95. The minimum Gasteiger partial charge on any atom is -0.312 e. The zero-order chi connectivity index (χ0) is 12.8. The Morgan fingerprint density at radius 1 is 1.44 bits per heavy atom. The van der Waals surface area contributed by atoms with Gasteiger partial charge in [0.1, 0.15) is 5.82 Å². The van der Waals surface area contributed by atoms with Crippen molar-refractivity contribution < 1.29 is 0 Å². The molecule has 1 saturated heterocycles. The summed E-state index contributed by atoms with van der Waals surface area (Å²) in [7, 11) is 0. The Morgan fingerprint density at radius 2 is 2.22 bits per heavy atom. The summed E-state index contributed by atoms with van der Waals surface area (Å²) in [5.41, 5.74) is 0. The topological polar surface area (TPSA) is 41.1 Å². The van der Waals surface area contributed by atoms with Crippen LogP contribution in [0, 0.1) is 5.92 Å². The first-order valence-corrected chi connectivity index (χ1v) is 7.01. The third-order valence-electron chi connectivity index (χ3n) is 3.83. The van der Waals surface area contributed by atoms with E-state index in [9.17, 15) is 0 Å². The van der Waals surface area contributed by atoms with Crippen molar-refractivity contribution >= 4 is 0 Å². The molecule has 0 aromatic carbocycles. The van der Waals surface area contributed by atoms with E-state index < -0.39 is 0 Å². The average molecular weight is 248 g/mol. The largest absolute Gasteiger partial charge is 0.312 e. The number of aromatic nitrogens is 2. The molecule has 18 heavy (non-hydrogen) atoms. The van der Waals surface area contributed by atoms with Crippen molar-refractivity contribution in [1.29, 1.82) is 0 Å². The number of nitrogens with zero attached hydrogens (tertiary/aromatic N) is 3. The van der Waals surface area contributed by atoms with Crippen LogP contribution in [0.3, 0.4) is 0 Å². The zero-order valence-electron chi connectivity index (χ0n) is 11.5. The maximum Gasteiger partial charge on any atom is 0.142 e. The Morgan fingerprint density at radius 3 is 2.94 bits per heavy atom. The molecule has 0 spiro atoms. The normalized spacial score (nSPS) is 23.6. The fourth-order valence-corrected chi connectivity index (χ4v) is 2.44. The van der Waals surface area contributed by atoms with E-state index in [1.54, 1.807) is 0 Å². The summed E-state index contributed by atoms with van der Waals surface area (Å²) < 4.78 is 0. The summed E-state index contributed by atoms with van der Waals surface area (Å²) in [5.74, 6) is 1.66. The van der Waals surface area contributed by atoms with Crippen LogP contribution in [0.15, 0.2) is 18.5 Å². The second-order valence-corrected chi connectivity index (χ2v) is 5.20.